The van der Waals surface area contributed by atoms with E-state index in [2.05, 4.69) is 30.0 Å². The number of hydrogen-bond donors (Lipinski definition) is 1. The molecule has 3 nitrogen and oxygen atoms in total. The second-order valence-corrected chi connectivity index (χ2v) is 5.66. The Balaban J connectivity index is 1.56. The second-order valence-electron chi connectivity index (χ2n) is 5.66. The van der Waals surface area contributed by atoms with E-state index < -0.39 is 0 Å². The molecule has 1 aromatic rings. The first-order valence-corrected chi connectivity index (χ1v) is 6.38. The molecule has 0 atom stereocenters. The van der Waals surface area contributed by atoms with Gasteiger partial charge in [0.1, 0.15) is 5.75 Å². The normalized spacial score (nSPS) is 21.8. The lowest BCUT2D eigenvalue weighted by atomic mass is 9.93. The molecule has 2 heterocycles. The van der Waals surface area contributed by atoms with Gasteiger partial charge in [-0.25, -0.2) is 0 Å². The van der Waals surface area contributed by atoms with E-state index in [1.807, 2.05) is 0 Å². The minimum Gasteiger partial charge on any atom is -0.493 e. The van der Waals surface area contributed by atoms with Crippen LogP contribution in [0.4, 0.5) is 0 Å². The summed E-state index contributed by atoms with van der Waals surface area (Å²) in [4.78, 5) is 2.42. The van der Waals surface area contributed by atoms with Gasteiger partial charge in [-0.3, -0.25) is 4.90 Å². The maximum Gasteiger partial charge on any atom is 0.122 e. The smallest absolute Gasteiger partial charge is 0.122 e. The third-order valence-electron chi connectivity index (χ3n) is 3.64. The van der Waals surface area contributed by atoms with Crippen LogP contribution >= 0.6 is 0 Å². The fraction of sp³-hybridized carbons (Fsp3) is 0.571. The molecule has 0 amide bonds. The molecule has 0 aromatic heterocycles. The Morgan fingerprint density at radius 1 is 1.41 bits per heavy atom. The van der Waals surface area contributed by atoms with Crippen molar-refractivity contribution in [3.63, 3.8) is 0 Å². The number of rotatable bonds is 3. The quantitative estimate of drug-likeness (QED) is 0.851. The number of likely N-dealkylation sites (tertiary alicyclic amines) is 1. The second kappa shape index (κ2) is 4.00. The lowest BCUT2D eigenvalue weighted by Gasteiger charge is -2.45. The minimum absolute atomic E-state index is 0.0474. The van der Waals surface area contributed by atoms with Crippen molar-refractivity contribution in [1.82, 2.24) is 4.90 Å². The SMILES string of the molecule is CC1(N)CN(CCc2ccc3c(c2)CCO3)C1. The topological polar surface area (TPSA) is 38.5 Å². The van der Waals surface area contributed by atoms with Crippen LogP contribution in [0.2, 0.25) is 0 Å². The van der Waals surface area contributed by atoms with Crippen molar-refractivity contribution in [2.45, 2.75) is 25.3 Å². The van der Waals surface area contributed by atoms with Crippen LogP contribution in [0, 0.1) is 0 Å². The van der Waals surface area contributed by atoms with Crippen LogP contribution in [0.3, 0.4) is 0 Å². The lowest BCUT2D eigenvalue weighted by molar-refractivity contribution is 0.0855. The van der Waals surface area contributed by atoms with Crippen molar-refractivity contribution >= 4 is 0 Å². The van der Waals surface area contributed by atoms with Crippen LogP contribution in [0.5, 0.6) is 5.75 Å². The Hall–Kier alpha value is -1.06. The molecular formula is C14H20N2O. The third-order valence-corrected chi connectivity index (χ3v) is 3.64. The van der Waals surface area contributed by atoms with Gasteiger partial charge in [0.15, 0.2) is 0 Å². The van der Waals surface area contributed by atoms with Crippen LogP contribution in [0.1, 0.15) is 18.1 Å². The molecule has 3 heteroatoms. The third kappa shape index (κ3) is 2.31. The highest BCUT2D eigenvalue weighted by Gasteiger charge is 2.33. The highest BCUT2D eigenvalue weighted by molar-refractivity contribution is 5.39. The summed E-state index contributed by atoms with van der Waals surface area (Å²) in [5.74, 6) is 1.08. The monoisotopic (exact) mass is 232 g/mol. The minimum atomic E-state index is 0.0474. The summed E-state index contributed by atoms with van der Waals surface area (Å²) in [5.41, 5.74) is 8.83. The van der Waals surface area contributed by atoms with Crippen molar-refractivity contribution in [2.75, 3.05) is 26.2 Å². The molecule has 17 heavy (non-hydrogen) atoms. The maximum atomic E-state index is 6.00. The number of nitrogens with zero attached hydrogens (tertiary/aromatic N) is 1. The number of ether oxygens (including phenoxy) is 1. The number of hydrogen-bond acceptors (Lipinski definition) is 3. The van der Waals surface area contributed by atoms with E-state index in [-0.39, 0.29) is 5.54 Å². The van der Waals surface area contributed by atoms with Gasteiger partial charge >= 0.3 is 0 Å². The van der Waals surface area contributed by atoms with Crippen LogP contribution in [-0.2, 0) is 12.8 Å². The zero-order valence-corrected chi connectivity index (χ0v) is 10.4. The van der Waals surface area contributed by atoms with Gasteiger partial charge in [0.05, 0.1) is 6.61 Å². The highest BCUT2D eigenvalue weighted by Crippen LogP contribution is 2.26. The van der Waals surface area contributed by atoms with E-state index in [9.17, 15) is 0 Å². The first kappa shape index (κ1) is 11.1. The average molecular weight is 232 g/mol. The fourth-order valence-electron chi connectivity index (χ4n) is 2.82. The van der Waals surface area contributed by atoms with Crippen molar-refractivity contribution < 1.29 is 4.74 Å². The standard InChI is InChI=1S/C14H20N2O/c1-14(15)9-16(10-14)6-4-11-2-3-13-12(8-11)5-7-17-13/h2-3,8H,4-7,9-10,15H2,1H3. The van der Waals surface area contributed by atoms with Crippen LogP contribution < -0.4 is 10.5 Å². The van der Waals surface area contributed by atoms with Crippen molar-refractivity contribution in [2.24, 2.45) is 5.73 Å². The summed E-state index contributed by atoms with van der Waals surface area (Å²) >= 11 is 0. The van der Waals surface area contributed by atoms with Gasteiger partial charge in [-0.2, -0.15) is 0 Å². The summed E-state index contributed by atoms with van der Waals surface area (Å²) in [6, 6.07) is 6.59. The van der Waals surface area contributed by atoms with Crippen LogP contribution in [-0.4, -0.2) is 36.7 Å². The van der Waals surface area contributed by atoms with E-state index in [0.29, 0.717) is 0 Å². The largest absolute Gasteiger partial charge is 0.493 e. The lowest BCUT2D eigenvalue weighted by Crippen LogP contribution is -2.65. The molecule has 0 bridgehead atoms. The van der Waals surface area contributed by atoms with Gasteiger partial charge in [0, 0.05) is 31.6 Å². The predicted octanol–water partition coefficient (Wildman–Crippen LogP) is 1.20. The molecule has 1 aromatic carbocycles. The van der Waals surface area contributed by atoms with E-state index in [1.165, 1.54) is 11.1 Å². The molecule has 1 fully saturated rings. The van der Waals surface area contributed by atoms with Crippen molar-refractivity contribution in [1.29, 1.82) is 0 Å². The van der Waals surface area contributed by atoms with Gasteiger partial charge in [-0.15, -0.1) is 0 Å². The van der Waals surface area contributed by atoms with Gasteiger partial charge in [-0.1, -0.05) is 12.1 Å². The highest BCUT2D eigenvalue weighted by atomic mass is 16.5. The molecule has 0 unspecified atom stereocenters. The predicted molar refractivity (Wildman–Crippen MR) is 68.4 cm³/mol. The van der Waals surface area contributed by atoms with Crippen LogP contribution in [0.15, 0.2) is 18.2 Å². The molecular weight excluding hydrogens is 212 g/mol. The number of fused-ring (bicyclic) bond motifs is 1. The zero-order chi connectivity index (χ0) is 11.9. The first-order chi connectivity index (χ1) is 8.12. The molecule has 2 N–H and O–H groups in total. The van der Waals surface area contributed by atoms with E-state index in [0.717, 1.165) is 44.8 Å². The molecule has 1 saturated heterocycles. The van der Waals surface area contributed by atoms with Gasteiger partial charge in [0.25, 0.3) is 0 Å². The summed E-state index contributed by atoms with van der Waals surface area (Å²) in [6.07, 6.45) is 2.18. The van der Waals surface area contributed by atoms with Gasteiger partial charge in [0.2, 0.25) is 0 Å². The summed E-state index contributed by atoms with van der Waals surface area (Å²) < 4.78 is 5.51. The van der Waals surface area contributed by atoms with Gasteiger partial charge < -0.3 is 10.5 Å². The Kier molecular flexibility index (Phi) is 2.60. The zero-order valence-electron chi connectivity index (χ0n) is 10.4. The summed E-state index contributed by atoms with van der Waals surface area (Å²) in [6.45, 7) is 6.14. The molecule has 0 aliphatic carbocycles. The molecule has 0 saturated carbocycles. The van der Waals surface area contributed by atoms with E-state index in [4.69, 9.17) is 10.5 Å². The molecule has 0 radical (unpaired) electrons. The fourth-order valence-corrected chi connectivity index (χ4v) is 2.82. The van der Waals surface area contributed by atoms with Gasteiger partial charge in [-0.05, 0) is 30.5 Å². The van der Waals surface area contributed by atoms with Crippen molar-refractivity contribution in [3.05, 3.63) is 29.3 Å². The molecule has 92 valence electrons. The maximum absolute atomic E-state index is 6.00. The molecule has 3 rings (SSSR count). The Morgan fingerprint density at radius 2 is 2.24 bits per heavy atom. The summed E-state index contributed by atoms with van der Waals surface area (Å²) in [5, 5.41) is 0. The summed E-state index contributed by atoms with van der Waals surface area (Å²) in [7, 11) is 0. The van der Waals surface area contributed by atoms with Crippen LogP contribution in [0.25, 0.3) is 0 Å². The first-order valence-electron chi connectivity index (χ1n) is 6.38. The average Bonchev–Trinajstić information content (AvgIpc) is 2.70. The molecule has 0 spiro atoms. The molecule has 2 aliphatic heterocycles. The van der Waals surface area contributed by atoms with E-state index >= 15 is 0 Å². The number of benzene rings is 1. The molecule has 2 aliphatic rings. The Morgan fingerprint density at radius 3 is 3.00 bits per heavy atom. The Labute approximate surface area is 103 Å². The van der Waals surface area contributed by atoms with Crippen molar-refractivity contribution in [3.8, 4) is 5.75 Å². The Bertz CT molecular complexity index is 420. The number of nitrogens with two attached hydrogens (primary N) is 1. The van der Waals surface area contributed by atoms with E-state index in [1.54, 1.807) is 0 Å².